The van der Waals surface area contributed by atoms with E-state index in [1.165, 1.54) is 18.9 Å². The Morgan fingerprint density at radius 1 is 1.24 bits per heavy atom. The summed E-state index contributed by atoms with van der Waals surface area (Å²) in [5.41, 5.74) is 0.538. The summed E-state index contributed by atoms with van der Waals surface area (Å²) in [6, 6.07) is 5.82. The number of rotatable bonds is 5. The Bertz CT molecular complexity index is 566. The van der Waals surface area contributed by atoms with Gasteiger partial charge in [-0.2, -0.15) is 0 Å². The number of Topliss-reactive ketones (excluding diaryl/α,β-unsaturated/α-hetero) is 1. The largest absolute Gasteiger partial charge is 0.497 e. The molecule has 1 fully saturated rings. The van der Waals surface area contributed by atoms with E-state index in [1.807, 2.05) is 0 Å². The summed E-state index contributed by atoms with van der Waals surface area (Å²) < 4.78 is 10.0. The predicted molar refractivity (Wildman–Crippen MR) is 75.1 cm³/mol. The van der Waals surface area contributed by atoms with Crippen LogP contribution in [0.1, 0.15) is 13.8 Å². The fraction of sp³-hybridized carbons (Fsp3) is 0.400. The maximum Gasteiger partial charge on any atom is 0.330 e. The van der Waals surface area contributed by atoms with E-state index < -0.39 is 17.9 Å². The lowest BCUT2D eigenvalue weighted by molar-refractivity contribution is -0.156. The topological polar surface area (TPSA) is 72.9 Å². The summed E-state index contributed by atoms with van der Waals surface area (Å²) in [5, 5.41) is 0. The van der Waals surface area contributed by atoms with Gasteiger partial charge in [0.1, 0.15) is 17.5 Å². The molecule has 0 N–H and O–H groups in total. The zero-order valence-corrected chi connectivity index (χ0v) is 12.2. The molecular weight excluding hydrogens is 274 g/mol. The molecule has 1 aliphatic heterocycles. The van der Waals surface area contributed by atoms with Crippen molar-refractivity contribution in [3.05, 3.63) is 24.3 Å². The molecule has 6 nitrogen and oxygen atoms in total. The van der Waals surface area contributed by atoms with E-state index in [9.17, 15) is 14.4 Å². The Labute approximate surface area is 122 Å². The van der Waals surface area contributed by atoms with E-state index in [4.69, 9.17) is 9.47 Å². The van der Waals surface area contributed by atoms with Crippen molar-refractivity contribution in [2.24, 2.45) is 5.92 Å². The molecule has 0 radical (unpaired) electrons. The second-order valence-corrected chi connectivity index (χ2v) is 4.69. The van der Waals surface area contributed by atoms with Crippen LogP contribution in [-0.2, 0) is 19.1 Å². The summed E-state index contributed by atoms with van der Waals surface area (Å²) in [6.45, 7) is 3.18. The Morgan fingerprint density at radius 3 is 2.33 bits per heavy atom. The Morgan fingerprint density at radius 2 is 1.86 bits per heavy atom. The first-order chi connectivity index (χ1) is 10.0. The lowest BCUT2D eigenvalue weighted by Gasteiger charge is -2.44. The van der Waals surface area contributed by atoms with Crippen molar-refractivity contribution in [1.29, 1.82) is 0 Å². The van der Waals surface area contributed by atoms with E-state index in [2.05, 4.69) is 0 Å². The van der Waals surface area contributed by atoms with Crippen molar-refractivity contribution in [2.45, 2.75) is 19.9 Å². The third kappa shape index (κ3) is 2.61. The molecule has 2 atom stereocenters. The summed E-state index contributed by atoms with van der Waals surface area (Å²) in [5.74, 6) is -1.59. The summed E-state index contributed by atoms with van der Waals surface area (Å²) in [7, 11) is 1.54. The highest BCUT2D eigenvalue weighted by Crippen LogP contribution is 2.34. The van der Waals surface area contributed by atoms with Gasteiger partial charge in [0.25, 0.3) is 0 Å². The number of nitrogens with zero attached hydrogens (tertiary/aromatic N) is 1. The number of ether oxygens (including phenoxy) is 2. The minimum absolute atomic E-state index is 0.199. The van der Waals surface area contributed by atoms with Crippen molar-refractivity contribution in [2.75, 3.05) is 18.6 Å². The number of benzene rings is 1. The molecule has 0 spiro atoms. The smallest absolute Gasteiger partial charge is 0.330 e. The molecule has 1 heterocycles. The fourth-order valence-electron chi connectivity index (χ4n) is 2.38. The van der Waals surface area contributed by atoms with Gasteiger partial charge in [0, 0.05) is 5.69 Å². The van der Waals surface area contributed by atoms with Crippen LogP contribution in [0.4, 0.5) is 5.69 Å². The number of esters is 1. The molecule has 21 heavy (non-hydrogen) atoms. The summed E-state index contributed by atoms with van der Waals surface area (Å²) >= 11 is 0. The van der Waals surface area contributed by atoms with E-state index in [0.717, 1.165) is 0 Å². The van der Waals surface area contributed by atoms with Crippen LogP contribution in [-0.4, -0.2) is 37.4 Å². The average molecular weight is 291 g/mol. The third-order valence-electron chi connectivity index (χ3n) is 3.41. The van der Waals surface area contributed by atoms with Crippen molar-refractivity contribution in [3.8, 4) is 5.75 Å². The van der Waals surface area contributed by atoms with Crippen LogP contribution < -0.4 is 9.64 Å². The van der Waals surface area contributed by atoms with Gasteiger partial charge in [-0.25, -0.2) is 4.79 Å². The molecule has 0 bridgehead atoms. The lowest BCUT2D eigenvalue weighted by atomic mass is 9.83. The van der Waals surface area contributed by atoms with Gasteiger partial charge in [-0.1, -0.05) is 0 Å². The molecule has 1 aromatic rings. The molecule has 0 unspecified atom stereocenters. The van der Waals surface area contributed by atoms with Gasteiger partial charge in [-0.05, 0) is 38.1 Å². The maximum atomic E-state index is 12.1. The number of anilines is 1. The number of hydrogen-bond acceptors (Lipinski definition) is 5. The lowest BCUT2D eigenvalue weighted by Crippen LogP contribution is -2.67. The number of carbonyl (C=O) groups excluding carboxylic acids is 3. The van der Waals surface area contributed by atoms with Crippen molar-refractivity contribution < 1.29 is 23.9 Å². The Hall–Kier alpha value is -2.37. The standard InChI is InChI=1S/C15H17NO5/c1-4-21-15(19)13-12(9(2)17)14(18)16(13)10-5-7-11(20-3)8-6-10/h5-8,12-13H,4H2,1-3H3/t12-,13-/m0/s1. The van der Waals surface area contributed by atoms with Gasteiger partial charge in [-0.15, -0.1) is 0 Å². The number of methoxy groups -OCH3 is 1. The summed E-state index contributed by atoms with van der Waals surface area (Å²) in [4.78, 5) is 37.0. The molecule has 0 aromatic heterocycles. The first kappa shape index (κ1) is 15.0. The number of hydrogen-bond donors (Lipinski definition) is 0. The molecule has 6 heteroatoms. The molecule has 112 valence electrons. The van der Waals surface area contributed by atoms with Crippen molar-refractivity contribution in [1.82, 2.24) is 0 Å². The summed E-state index contributed by atoms with van der Waals surface area (Å²) in [6.07, 6.45) is 0. The fourth-order valence-corrected chi connectivity index (χ4v) is 2.38. The quantitative estimate of drug-likeness (QED) is 0.463. The Balaban J connectivity index is 2.29. The second-order valence-electron chi connectivity index (χ2n) is 4.69. The van der Waals surface area contributed by atoms with Gasteiger partial charge < -0.3 is 9.47 Å². The van der Waals surface area contributed by atoms with E-state index >= 15 is 0 Å². The highest BCUT2D eigenvalue weighted by Gasteiger charge is 2.55. The minimum Gasteiger partial charge on any atom is -0.497 e. The van der Waals surface area contributed by atoms with Crippen LogP contribution >= 0.6 is 0 Å². The van der Waals surface area contributed by atoms with Crippen molar-refractivity contribution >= 4 is 23.3 Å². The molecule has 0 saturated carbocycles. The zero-order valence-electron chi connectivity index (χ0n) is 12.2. The normalized spacial score (nSPS) is 20.7. The maximum absolute atomic E-state index is 12.1. The van der Waals surface area contributed by atoms with Crippen LogP contribution in [0.25, 0.3) is 0 Å². The number of β-lactam (4-membered cyclic amide) rings is 1. The van der Waals surface area contributed by atoms with Gasteiger partial charge >= 0.3 is 5.97 Å². The molecule has 1 aliphatic rings. The van der Waals surface area contributed by atoms with E-state index in [1.54, 1.807) is 31.2 Å². The zero-order chi connectivity index (χ0) is 15.6. The van der Waals surface area contributed by atoms with Crippen LogP contribution in [0, 0.1) is 5.92 Å². The number of ketones is 1. The average Bonchev–Trinajstić information content (AvgIpc) is 2.45. The number of carbonyl (C=O) groups is 3. The highest BCUT2D eigenvalue weighted by atomic mass is 16.5. The molecular formula is C15H17NO5. The van der Waals surface area contributed by atoms with E-state index in [0.29, 0.717) is 11.4 Å². The molecule has 1 saturated heterocycles. The van der Waals surface area contributed by atoms with Gasteiger partial charge in [-0.3, -0.25) is 14.5 Å². The minimum atomic E-state index is -0.953. The van der Waals surface area contributed by atoms with Crippen LogP contribution in [0.2, 0.25) is 0 Å². The SMILES string of the molecule is CCOC(=O)[C@@H]1[C@H](C(C)=O)C(=O)N1c1ccc(OC)cc1. The number of amides is 1. The molecule has 2 rings (SSSR count). The Kier molecular flexibility index (Phi) is 4.26. The second kappa shape index (κ2) is 5.95. The first-order valence-corrected chi connectivity index (χ1v) is 6.65. The third-order valence-corrected chi connectivity index (χ3v) is 3.41. The van der Waals surface area contributed by atoms with Gasteiger partial charge in [0.2, 0.25) is 5.91 Å². The molecule has 1 amide bonds. The highest BCUT2D eigenvalue weighted by molar-refractivity contribution is 6.20. The van der Waals surface area contributed by atoms with Crippen LogP contribution in [0.15, 0.2) is 24.3 Å². The first-order valence-electron chi connectivity index (χ1n) is 6.65. The van der Waals surface area contributed by atoms with Crippen molar-refractivity contribution in [3.63, 3.8) is 0 Å². The van der Waals surface area contributed by atoms with Gasteiger partial charge in [0.05, 0.1) is 13.7 Å². The monoisotopic (exact) mass is 291 g/mol. The van der Waals surface area contributed by atoms with Gasteiger partial charge in [0.15, 0.2) is 6.04 Å². The van der Waals surface area contributed by atoms with E-state index in [-0.39, 0.29) is 18.3 Å². The van der Waals surface area contributed by atoms with Crippen LogP contribution in [0.3, 0.4) is 0 Å². The molecule has 0 aliphatic carbocycles. The van der Waals surface area contributed by atoms with Crippen LogP contribution in [0.5, 0.6) is 5.75 Å². The molecule has 1 aromatic carbocycles. The predicted octanol–water partition coefficient (Wildman–Crippen LogP) is 1.18.